The summed E-state index contributed by atoms with van der Waals surface area (Å²) < 4.78 is 11.8. The van der Waals surface area contributed by atoms with Crippen molar-refractivity contribution in [3.8, 4) is 0 Å². The largest absolute Gasteiger partial charge is 0.381 e. The minimum Gasteiger partial charge on any atom is -0.381 e. The Morgan fingerprint density at radius 1 is 1.22 bits per heavy atom. The van der Waals surface area contributed by atoms with Crippen molar-refractivity contribution in [1.29, 1.82) is 0 Å². The van der Waals surface area contributed by atoms with Crippen LogP contribution in [0.15, 0.2) is 0 Å². The van der Waals surface area contributed by atoms with Gasteiger partial charge in [-0.15, -0.1) is 0 Å². The van der Waals surface area contributed by atoms with Crippen LogP contribution in [0.4, 0.5) is 0 Å². The minimum atomic E-state index is 0.124. The van der Waals surface area contributed by atoms with Gasteiger partial charge in [-0.05, 0) is 52.3 Å². The molecule has 1 saturated carbocycles. The first-order valence-corrected chi connectivity index (χ1v) is 9.40. The molecule has 0 aromatic heterocycles. The van der Waals surface area contributed by atoms with Crippen LogP contribution in [0.1, 0.15) is 72.6 Å². The molecule has 1 N–H and O–H groups in total. The summed E-state index contributed by atoms with van der Waals surface area (Å²) in [5.41, 5.74) is 0.124. The molecule has 2 bridgehead atoms. The predicted molar refractivity (Wildman–Crippen MR) is 95.2 cm³/mol. The van der Waals surface area contributed by atoms with E-state index in [9.17, 15) is 4.79 Å². The van der Waals surface area contributed by atoms with E-state index in [1.807, 2.05) is 13.8 Å². The summed E-state index contributed by atoms with van der Waals surface area (Å²) in [4.78, 5) is 11.8. The molecule has 2 saturated heterocycles. The molecule has 0 spiro atoms. The molecule has 2 heterocycles. The van der Waals surface area contributed by atoms with Crippen LogP contribution in [0.5, 0.6) is 0 Å². The lowest BCUT2D eigenvalue weighted by molar-refractivity contribution is -0.121. The molecule has 3 rings (SSSR count). The SMILES string of the molecule is CC(C)NC(=O)CCCC12BC(OCCOC(C)C)(CCC1)C2. The molecule has 132 valence electrons. The van der Waals surface area contributed by atoms with Crippen LogP contribution in [-0.2, 0) is 14.3 Å². The lowest BCUT2D eigenvalue weighted by atomic mass is 9.24. The second-order valence-corrected chi connectivity index (χ2v) is 8.23. The second kappa shape index (κ2) is 8.02. The van der Waals surface area contributed by atoms with Gasteiger partial charge in [0.1, 0.15) is 0 Å². The first kappa shape index (κ1) is 18.8. The van der Waals surface area contributed by atoms with E-state index in [-0.39, 0.29) is 23.6 Å². The number of amides is 1. The fraction of sp³-hybridized carbons (Fsp3) is 0.944. The van der Waals surface area contributed by atoms with Crippen molar-refractivity contribution >= 4 is 13.2 Å². The van der Waals surface area contributed by atoms with Crippen molar-refractivity contribution < 1.29 is 14.3 Å². The lowest BCUT2D eigenvalue weighted by Crippen LogP contribution is -2.61. The van der Waals surface area contributed by atoms with E-state index in [2.05, 4.69) is 19.2 Å². The normalized spacial score (nSPS) is 29.3. The Morgan fingerprint density at radius 3 is 2.61 bits per heavy atom. The average Bonchev–Trinajstić information content (AvgIpc) is 2.42. The Bertz CT molecular complexity index is 392. The third-order valence-electron chi connectivity index (χ3n) is 5.24. The molecule has 0 aromatic carbocycles. The standard InChI is InChI=1S/C18H34BNO3/c1-14(2)20-16(21)7-5-8-17-9-6-10-18(13-17,19-17)23-12-11-22-15(3)4/h14-15,19H,5-13H2,1-4H3,(H,20,21). The number of nitrogens with one attached hydrogen (secondary N) is 1. The quantitative estimate of drug-likeness (QED) is 0.497. The van der Waals surface area contributed by atoms with Crippen LogP contribution in [-0.4, -0.2) is 44.0 Å². The number of carbonyl (C=O) groups is 1. The zero-order valence-corrected chi connectivity index (χ0v) is 15.5. The molecule has 4 nitrogen and oxygen atoms in total. The van der Waals surface area contributed by atoms with Crippen LogP contribution in [0.2, 0.25) is 5.31 Å². The highest BCUT2D eigenvalue weighted by atomic mass is 16.5. The predicted octanol–water partition coefficient (Wildman–Crippen LogP) is 3.00. The molecule has 1 amide bonds. The third-order valence-corrected chi connectivity index (χ3v) is 5.24. The van der Waals surface area contributed by atoms with Crippen molar-refractivity contribution in [1.82, 2.24) is 5.32 Å². The van der Waals surface area contributed by atoms with Gasteiger partial charge in [0.05, 0.1) is 19.3 Å². The monoisotopic (exact) mass is 323 g/mol. The van der Waals surface area contributed by atoms with Gasteiger partial charge in [0.25, 0.3) is 0 Å². The van der Waals surface area contributed by atoms with Crippen LogP contribution in [0.3, 0.4) is 0 Å². The van der Waals surface area contributed by atoms with Crippen molar-refractivity contribution in [2.45, 2.75) is 95.6 Å². The summed E-state index contributed by atoms with van der Waals surface area (Å²) in [7, 11) is 1.19. The molecule has 2 atom stereocenters. The Kier molecular flexibility index (Phi) is 6.55. The number of fused-ring (bicyclic) bond motifs is 2. The summed E-state index contributed by atoms with van der Waals surface area (Å²) in [6.45, 7) is 9.55. The summed E-state index contributed by atoms with van der Waals surface area (Å²) in [6.07, 6.45) is 8.08. The van der Waals surface area contributed by atoms with E-state index in [4.69, 9.17) is 9.47 Å². The molecule has 0 radical (unpaired) electrons. The molecule has 2 unspecified atom stereocenters. The highest BCUT2D eigenvalue weighted by Gasteiger charge is 2.58. The average molecular weight is 323 g/mol. The van der Waals surface area contributed by atoms with Crippen molar-refractivity contribution in [3.63, 3.8) is 0 Å². The smallest absolute Gasteiger partial charge is 0.220 e. The van der Waals surface area contributed by atoms with Crippen molar-refractivity contribution in [3.05, 3.63) is 0 Å². The Balaban J connectivity index is 1.66. The number of carbonyl (C=O) groups excluding carboxylic acids is 1. The van der Waals surface area contributed by atoms with Crippen molar-refractivity contribution in [2.75, 3.05) is 13.2 Å². The van der Waals surface area contributed by atoms with Gasteiger partial charge in [0, 0.05) is 18.0 Å². The summed E-state index contributed by atoms with van der Waals surface area (Å²) in [5, 5.41) is 3.43. The highest BCUT2D eigenvalue weighted by Crippen LogP contribution is 2.61. The van der Waals surface area contributed by atoms with Gasteiger partial charge in [-0.3, -0.25) is 4.79 Å². The van der Waals surface area contributed by atoms with Gasteiger partial charge in [0.2, 0.25) is 5.91 Å². The van der Waals surface area contributed by atoms with E-state index in [0.717, 1.165) is 6.42 Å². The molecule has 5 heteroatoms. The van der Waals surface area contributed by atoms with E-state index < -0.39 is 0 Å². The molecule has 1 aliphatic carbocycles. The maximum atomic E-state index is 11.8. The Hall–Kier alpha value is -0.545. The van der Waals surface area contributed by atoms with Gasteiger partial charge in [0.15, 0.2) is 7.28 Å². The second-order valence-electron chi connectivity index (χ2n) is 8.23. The maximum Gasteiger partial charge on any atom is 0.220 e. The summed E-state index contributed by atoms with van der Waals surface area (Å²) in [6, 6.07) is 0.244. The van der Waals surface area contributed by atoms with E-state index in [1.54, 1.807) is 0 Å². The van der Waals surface area contributed by atoms with Gasteiger partial charge in [-0.1, -0.05) is 19.3 Å². The van der Waals surface area contributed by atoms with E-state index >= 15 is 0 Å². The van der Waals surface area contributed by atoms with Crippen LogP contribution < -0.4 is 5.32 Å². The van der Waals surface area contributed by atoms with E-state index in [1.165, 1.54) is 39.4 Å². The van der Waals surface area contributed by atoms with Crippen LogP contribution in [0, 0.1) is 0 Å². The topological polar surface area (TPSA) is 47.6 Å². The maximum absolute atomic E-state index is 11.8. The van der Waals surface area contributed by atoms with Gasteiger partial charge >= 0.3 is 0 Å². The molecule has 2 aliphatic heterocycles. The highest BCUT2D eigenvalue weighted by molar-refractivity contribution is 6.48. The Morgan fingerprint density at radius 2 is 1.96 bits per heavy atom. The van der Waals surface area contributed by atoms with E-state index in [0.29, 0.717) is 24.9 Å². The molecular weight excluding hydrogens is 289 g/mol. The fourth-order valence-corrected chi connectivity index (χ4v) is 4.49. The number of ether oxygens (including phenoxy) is 2. The molecule has 23 heavy (non-hydrogen) atoms. The first-order valence-electron chi connectivity index (χ1n) is 9.40. The minimum absolute atomic E-state index is 0.124. The van der Waals surface area contributed by atoms with Gasteiger partial charge < -0.3 is 14.8 Å². The molecule has 0 aromatic rings. The number of rotatable bonds is 10. The first-order chi connectivity index (χ1) is 10.8. The van der Waals surface area contributed by atoms with Gasteiger partial charge in [-0.25, -0.2) is 0 Å². The number of hydrogen-bond donors (Lipinski definition) is 1. The van der Waals surface area contributed by atoms with Crippen molar-refractivity contribution in [2.24, 2.45) is 0 Å². The zero-order chi connectivity index (χ0) is 16.9. The van der Waals surface area contributed by atoms with Crippen LogP contribution in [0.25, 0.3) is 0 Å². The fourth-order valence-electron chi connectivity index (χ4n) is 4.49. The molecule has 3 fully saturated rings. The molecule has 3 aliphatic rings. The van der Waals surface area contributed by atoms with Crippen LogP contribution >= 0.6 is 0 Å². The van der Waals surface area contributed by atoms with Gasteiger partial charge in [-0.2, -0.15) is 0 Å². The summed E-state index contributed by atoms with van der Waals surface area (Å²) >= 11 is 0. The Labute approximate surface area is 142 Å². The number of hydrogen-bond acceptors (Lipinski definition) is 3. The lowest BCUT2D eigenvalue weighted by Gasteiger charge is -2.60. The third kappa shape index (κ3) is 5.49. The summed E-state index contributed by atoms with van der Waals surface area (Å²) in [5.74, 6) is 0.194. The molecular formula is C18H34BNO3. The zero-order valence-electron chi connectivity index (χ0n) is 15.5.